The molecule has 0 aliphatic heterocycles. The largest absolute Gasteiger partial charge is 0.480 e. The number of nitrogens with zero attached hydrogens (tertiary/aromatic N) is 4. The molecule has 0 bridgehead atoms. The predicted octanol–water partition coefficient (Wildman–Crippen LogP) is 0.951. The van der Waals surface area contributed by atoms with Crippen molar-refractivity contribution in [2.75, 3.05) is 14.2 Å². The molecule has 82 valence electrons. The summed E-state index contributed by atoms with van der Waals surface area (Å²) in [5.41, 5.74) is 1.27. The normalized spacial score (nSPS) is 9.88. The second-order valence-electron chi connectivity index (χ2n) is 2.92. The highest BCUT2D eigenvalue weighted by molar-refractivity contribution is 5.52. The predicted molar refractivity (Wildman–Crippen MR) is 56.2 cm³/mol. The molecule has 0 spiro atoms. The Labute approximate surface area is 92.3 Å². The molecule has 2 rings (SSSR count). The van der Waals surface area contributed by atoms with Gasteiger partial charge in [0, 0.05) is 12.1 Å². The van der Waals surface area contributed by atoms with Crippen LogP contribution < -0.4 is 9.47 Å². The third-order valence-corrected chi connectivity index (χ3v) is 1.96. The van der Waals surface area contributed by atoms with E-state index in [2.05, 4.69) is 20.4 Å². The first-order valence-electron chi connectivity index (χ1n) is 4.59. The lowest BCUT2D eigenvalue weighted by atomic mass is 10.3. The van der Waals surface area contributed by atoms with E-state index in [9.17, 15) is 0 Å². The van der Waals surface area contributed by atoms with Crippen LogP contribution in [0.25, 0.3) is 11.4 Å². The van der Waals surface area contributed by atoms with Crippen LogP contribution in [0.15, 0.2) is 24.3 Å². The van der Waals surface area contributed by atoms with Gasteiger partial charge in [-0.15, -0.1) is 20.4 Å². The standard InChI is InChI=1S/C10H10N4O2/c1-15-9-5-3-7(11-13-9)8-4-6-10(16-2)14-12-8/h3-6H,1-2H3. The van der Waals surface area contributed by atoms with Gasteiger partial charge in [0.1, 0.15) is 11.4 Å². The minimum absolute atomic E-state index is 0.463. The molecule has 0 saturated heterocycles. The lowest BCUT2D eigenvalue weighted by Gasteiger charge is -2.01. The fraction of sp³-hybridized carbons (Fsp3) is 0.200. The molecule has 2 aromatic heterocycles. The first kappa shape index (κ1) is 10.3. The summed E-state index contributed by atoms with van der Waals surface area (Å²) in [4.78, 5) is 0. The summed E-state index contributed by atoms with van der Waals surface area (Å²) in [6.45, 7) is 0. The number of methoxy groups -OCH3 is 2. The zero-order chi connectivity index (χ0) is 11.4. The number of rotatable bonds is 3. The molecule has 2 heterocycles. The molecule has 0 fully saturated rings. The van der Waals surface area contributed by atoms with Crippen LogP contribution in [0.1, 0.15) is 0 Å². The molecule has 0 aliphatic rings. The summed E-state index contributed by atoms with van der Waals surface area (Å²) < 4.78 is 9.82. The fourth-order valence-corrected chi connectivity index (χ4v) is 1.13. The van der Waals surface area contributed by atoms with E-state index in [4.69, 9.17) is 9.47 Å². The summed E-state index contributed by atoms with van der Waals surface area (Å²) in [6, 6.07) is 6.97. The van der Waals surface area contributed by atoms with E-state index in [0.717, 1.165) is 0 Å². The molecule has 0 unspecified atom stereocenters. The number of ether oxygens (including phenoxy) is 2. The number of hydrogen-bond acceptors (Lipinski definition) is 6. The van der Waals surface area contributed by atoms with Crippen molar-refractivity contribution in [2.24, 2.45) is 0 Å². The maximum atomic E-state index is 4.91. The lowest BCUT2D eigenvalue weighted by Crippen LogP contribution is -1.96. The Morgan fingerprint density at radius 2 is 1.12 bits per heavy atom. The second kappa shape index (κ2) is 4.52. The first-order valence-corrected chi connectivity index (χ1v) is 4.59. The smallest absolute Gasteiger partial charge is 0.233 e. The quantitative estimate of drug-likeness (QED) is 0.763. The van der Waals surface area contributed by atoms with Crippen molar-refractivity contribution >= 4 is 0 Å². The average Bonchev–Trinajstić information content (AvgIpc) is 2.39. The van der Waals surface area contributed by atoms with E-state index in [-0.39, 0.29) is 0 Å². The zero-order valence-electron chi connectivity index (χ0n) is 8.91. The van der Waals surface area contributed by atoms with Crippen LogP contribution in [0.4, 0.5) is 0 Å². The Morgan fingerprint density at radius 1 is 0.688 bits per heavy atom. The van der Waals surface area contributed by atoms with Gasteiger partial charge in [0.25, 0.3) is 0 Å². The van der Waals surface area contributed by atoms with Crippen molar-refractivity contribution in [3.05, 3.63) is 24.3 Å². The van der Waals surface area contributed by atoms with Crippen molar-refractivity contribution < 1.29 is 9.47 Å². The third-order valence-electron chi connectivity index (χ3n) is 1.96. The molecule has 0 radical (unpaired) electrons. The van der Waals surface area contributed by atoms with Crippen LogP contribution in [0.3, 0.4) is 0 Å². The maximum absolute atomic E-state index is 4.91. The summed E-state index contributed by atoms with van der Waals surface area (Å²) in [7, 11) is 3.08. The first-order chi connectivity index (χ1) is 7.83. The Kier molecular flexibility index (Phi) is 2.90. The van der Waals surface area contributed by atoms with Gasteiger partial charge in [-0.3, -0.25) is 0 Å². The maximum Gasteiger partial charge on any atom is 0.233 e. The van der Waals surface area contributed by atoms with Crippen LogP contribution in [0.2, 0.25) is 0 Å². The minimum atomic E-state index is 0.463. The molecule has 16 heavy (non-hydrogen) atoms. The van der Waals surface area contributed by atoms with Crippen LogP contribution in [-0.4, -0.2) is 34.6 Å². The van der Waals surface area contributed by atoms with Gasteiger partial charge in [0.05, 0.1) is 14.2 Å². The summed E-state index contributed by atoms with van der Waals surface area (Å²) >= 11 is 0. The molecular formula is C10H10N4O2. The van der Waals surface area contributed by atoms with E-state index in [1.165, 1.54) is 14.2 Å². The second-order valence-corrected chi connectivity index (χ2v) is 2.92. The summed E-state index contributed by atoms with van der Waals surface area (Å²) in [6.07, 6.45) is 0. The molecule has 0 saturated carbocycles. The van der Waals surface area contributed by atoms with Gasteiger partial charge < -0.3 is 9.47 Å². The summed E-state index contributed by atoms with van der Waals surface area (Å²) in [5, 5.41) is 15.6. The highest BCUT2D eigenvalue weighted by Crippen LogP contribution is 2.15. The van der Waals surface area contributed by atoms with E-state index in [1.54, 1.807) is 24.3 Å². The van der Waals surface area contributed by atoms with Gasteiger partial charge >= 0.3 is 0 Å². The van der Waals surface area contributed by atoms with E-state index >= 15 is 0 Å². The molecule has 0 aliphatic carbocycles. The van der Waals surface area contributed by atoms with Gasteiger partial charge in [-0.2, -0.15) is 0 Å². The average molecular weight is 218 g/mol. The summed E-state index contributed by atoms with van der Waals surface area (Å²) in [5.74, 6) is 0.926. The lowest BCUT2D eigenvalue weighted by molar-refractivity contribution is 0.391. The molecule has 6 heteroatoms. The third kappa shape index (κ3) is 2.05. The molecule has 0 N–H and O–H groups in total. The Bertz CT molecular complexity index is 410. The molecule has 0 atom stereocenters. The monoisotopic (exact) mass is 218 g/mol. The Balaban J connectivity index is 2.28. The number of aromatic nitrogens is 4. The highest BCUT2D eigenvalue weighted by Gasteiger charge is 2.03. The fourth-order valence-electron chi connectivity index (χ4n) is 1.13. The van der Waals surface area contributed by atoms with Gasteiger partial charge in [-0.25, -0.2) is 0 Å². The van der Waals surface area contributed by atoms with E-state index in [1.807, 2.05) is 0 Å². The molecule has 2 aromatic rings. The minimum Gasteiger partial charge on any atom is -0.480 e. The number of hydrogen-bond donors (Lipinski definition) is 0. The molecule has 0 aromatic carbocycles. The van der Waals surface area contributed by atoms with Crippen molar-refractivity contribution in [1.82, 2.24) is 20.4 Å². The topological polar surface area (TPSA) is 70.0 Å². The SMILES string of the molecule is COc1ccc(-c2ccc(OC)nn2)nn1. The van der Waals surface area contributed by atoms with Crippen LogP contribution >= 0.6 is 0 Å². The molecule has 0 amide bonds. The Morgan fingerprint density at radius 3 is 1.38 bits per heavy atom. The van der Waals surface area contributed by atoms with Gasteiger partial charge in [0.15, 0.2) is 0 Å². The van der Waals surface area contributed by atoms with Gasteiger partial charge in [0.2, 0.25) is 11.8 Å². The Hall–Kier alpha value is -2.24. The van der Waals surface area contributed by atoms with Crippen molar-refractivity contribution in [3.8, 4) is 23.1 Å². The highest BCUT2D eigenvalue weighted by atomic mass is 16.5. The van der Waals surface area contributed by atoms with Crippen LogP contribution in [0, 0.1) is 0 Å². The van der Waals surface area contributed by atoms with Gasteiger partial charge in [-0.05, 0) is 12.1 Å². The van der Waals surface area contributed by atoms with E-state index in [0.29, 0.717) is 23.1 Å². The van der Waals surface area contributed by atoms with E-state index < -0.39 is 0 Å². The zero-order valence-corrected chi connectivity index (χ0v) is 8.91. The van der Waals surface area contributed by atoms with Crippen molar-refractivity contribution in [1.29, 1.82) is 0 Å². The molecule has 6 nitrogen and oxygen atoms in total. The molecular weight excluding hydrogens is 208 g/mol. The van der Waals surface area contributed by atoms with Crippen LogP contribution in [0.5, 0.6) is 11.8 Å². The van der Waals surface area contributed by atoms with Crippen molar-refractivity contribution in [3.63, 3.8) is 0 Å². The van der Waals surface area contributed by atoms with Gasteiger partial charge in [-0.1, -0.05) is 0 Å². The van der Waals surface area contributed by atoms with Crippen LogP contribution in [-0.2, 0) is 0 Å². The van der Waals surface area contributed by atoms with Crippen molar-refractivity contribution in [2.45, 2.75) is 0 Å².